The van der Waals surface area contributed by atoms with Gasteiger partial charge in [-0.25, -0.2) is 0 Å². The zero-order valence-electron chi connectivity index (χ0n) is 12.6. The zero-order chi connectivity index (χ0) is 14.0. The van der Waals surface area contributed by atoms with E-state index in [4.69, 9.17) is 0 Å². The molecule has 19 heavy (non-hydrogen) atoms. The van der Waals surface area contributed by atoms with Gasteiger partial charge in [-0.05, 0) is 29.5 Å². The third-order valence-corrected chi connectivity index (χ3v) is 11.4. The van der Waals surface area contributed by atoms with Crippen molar-refractivity contribution in [2.24, 2.45) is 0 Å². The van der Waals surface area contributed by atoms with E-state index in [-0.39, 0.29) is 7.92 Å². The van der Waals surface area contributed by atoms with Gasteiger partial charge in [0, 0.05) is 17.6 Å². The summed E-state index contributed by atoms with van der Waals surface area (Å²) in [4.78, 5) is 0. The first-order valence-corrected chi connectivity index (χ1v) is 11.0. The maximum absolute atomic E-state index is 13.2. The summed E-state index contributed by atoms with van der Waals surface area (Å²) in [6.45, 7) is 8.93. The molecule has 1 nitrogen and oxygen atoms in total. The fraction of sp³-hybridized carbons (Fsp3) is 0.625. The highest BCUT2D eigenvalue weighted by molar-refractivity contribution is 7.76. The highest BCUT2D eigenvalue weighted by Crippen LogP contribution is 2.56. The Balaban J connectivity index is 2.50. The second kappa shape index (κ2) is 6.11. The fourth-order valence-electron chi connectivity index (χ4n) is 3.26. The summed E-state index contributed by atoms with van der Waals surface area (Å²) in [7, 11) is -2.29. The van der Waals surface area contributed by atoms with E-state index in [9.17, 15) is 4.57 Å². The van der Waals surface area contributed by atoms with Gasteiger partial charge in [0.15, 0.2) is 0 Å². The van der Waals surface area contributed by atoms with Crippen LogP contribution in [-0.2, 0) is 4.57 Å². The third kappa shape index (κ3) is 2.84. The van der Waals surface area contributed by atoms with Crippen molar-refractivity contribution in [2.45, 2.75) is 51.9 Å². The first kappa shape index (κ1) is 15.3. The van der Waals surface area contributed by atoms with Crippen LogP contribution in [0.4, 0.5) is 0 Å². The molecule has 0 bridgehead atoms. The predicted molar refractivity (Wildman–Crippen MR) is 89.5 cm³/mol. The Kier molecular flexibility index (Phi) is 4.91. The minimum absolute atomic E-state index is 0.131. The maximum Gasteiger partial charge on any atom is 0.115 e. The summed E-state index contributed by atoms with van der Waals surface area (Å²) < 4.78 is 13.2. The van der Waals surface area contributed by atoms with Gasteiger partial charge in [-0.15, -0.1) is 0 Å². The van der Waals surface area contributed by atoms with Gasteiger partial charge in [0.25, 0.3) is 0 Å². The molecule has 3 heteroatoms. The lowest BCUT2D eigenvalue weighted by molar-refractivity contribution is 0.582. The van der Waals surface area contributed by atoms with E-state index in [2.05, 4.69) is 52.0 Å². The summed E-state index contributed by atoms with van der Waals surface area (Å²) in [5, 5.41) is 2.65. The van der Waals surface area contributed by atoms with Gasteiger partial charge < -0.3 is 4.57 Å². The van der Waals surface area contributed by atoms with E-state index in [1.54, 1.807) is 0 Å². The van der Waals surface area contributed by atoms with Crippen LogP contribution in [0, 0.1) is 0 Å². The Labute approximate surface area is 119 Å². The third-order valence-electron chi connectivity index (χ3n) is 4.57. The van der Waals surface area contributed by atoms with Crippen molar-refractivity contribution in [1.29, 1.82) is 0 Å². The monoisotopic (exact) mass is 296 g/mol. The van der Waals surface area contributed by atoms with Gasteiger partial charge in [-0.2, -0.15) is 0 Å². The molecule has 0 N–H and O–H groups in total. The lowest BCUT2D eigenvalue weighted by Crippen LogP contribution is -2.28. The summed E-state index contributed by atoms with van der Waals surface area (Å²) in [6.07, 6.45) is 4.27. The molecule has 0 radical (unpaired) electrons. The SMILES string of the molecule is CCP(=O)(CC)c1ccccc1P1[C@H](C)CC[C@H]1C. The van der Waals surface area contributed by atoms with Crippen molar-refractivity contribution < 1.29 is 4.57 Å². The standard InChI is InChI=1S/C16H26OP2/c1-5-19(17,6-2)16-10-8-7-9-15(16)18-13(3)11-12-14(18)4/h7-10,13-14H,5-6,11-12H2,1-4H3/t13-,14-/m1/s1. The number of hydrogen-bond donors (Lipinski definition) is 0. The first-order valence-electron chi connectivity index (χ1n) is 7.49. The van der Waals surface area contributed by atoms with Crippen LogP contribution in [0.5, 0.6) is 0 Å². The molecule has 1 aliphatic heterocycles. The average molecular weight is 296 g/mol. The molecule has 0 amide bonds. The number of rotatable bonds is 4. The van der Waals surface area contributed by atoms with E-state index in [1.807, 2.05) is 0 Å². The van der Waals surface area contributed by atoms with Crippen molar-refractivity contribution in [3.63, 3.8) is 0 Å². The Morgan fingerprint density at radius 3 is 2.16 bits per heavy atom. The second-order valence-electron chi connectivity index (χ2n) is 5.69. The average Bonchev–Trinajstić information content (AvgIpc) is 2.77. The van der Waals surface area contributed by atoms with Crippen molar-refractivity contribution in [2.75, 3.05) is 12.3 Å². The molecule has 0 saturated carbocycles. The molecule has 1 fully saturated rings. The van der Waals surface area contributed by atoms with E-state index >= 15 is 0 Å². The first-order chi connectivity index (χ1) is 9.03. The van der Waals surface area contributed by atoms with Crippen LogP contribution in [0.25, 0.3) is 0 Å². The molecular weight excluding hydrogens is 270 g/mol. The number of benzene rings is 1. The van der Waals surface area contributed by atoms with Crippen molar-refractivity contribution in [3.05, 3.63) is 24.3 Å². The van der Waals surface area contributed by atoms with Gasteiger partial charge in [-0.3, -0.25) is 0 Å². The van der Waals surface area contributed by atoms with Crippen LogP contribution >= 0.6 is 15.1 Å². The Morgan fingerprint density at radius 2 is 1.63 bits per heavy atom. The molecule has 1 heterocycles. The van der Waals surface area contributed by atoms with E-state index < -0.39 is 7.14 Å². The highest BCUT2D eigenvalue weighted by atomic mass is 31.2. The Bertz CT molecular complexity index is 465. The van der Waals surface area contributed by atoms with E-state index in [0.717, 1.165) is 23.6 Å². The molecule has 1 aromatic rings. The van der Waals surface area contributed by atoms with Crippen molar-refractivity contribution in [3.8, 4) is 0 Å². The lowest BCUT2D eigenvalue weighted by atomic mass is 10.2. The van der Waals surface area contributed by atoms with Crippen LogP contribution in [-0.4, -0.2) is 23.6 Å². The molecule has 2 atom stereocenters. The van der Waals surface area contributed by atoms with Gasteiger partial charge in [0.2, 0.25) is 0 Å². The van der Waals surface area contributed by atoms with Crippen LogP contribution in [0.3, 0.4) is 0 Å². The second-order valence-corrected chi connectivity index (χ2v) is 12.3. The number of hydrogen-bond acceptors (Lipinski definition) is 1. The summed E-state index contributed by atoms with van der Waals surface area (Å²) >= 11 is 0. The quantitative estimate of drug-likeness (QED) is 0.753. The highest BCUT2D eigenvalue weighted by Gasteiger charge is 2.35. The molecule has 1 aromatic carbocycles. The molecule has 0 spiro atoms. The van der Waals surface area contributed by atoms with E-state index in [0.29, 0.717) is 0 Å². The topological polar surface area (TPSA) is 17.1 Å². The molecule has 1 aliphatic rings. The zero-order valence-corrected chi connectivity index (χ0v) is 14.4. The van der Waals surface area contributed by atoms with Crippen LogP contribution in [0.15, 0.2) is 24.3 Å². The van der Waals surface area contributed by atoms with Crippen LogP contribution in [0.1, 0.15) is 40.5 Å². The minimum Gasteiger partial charge on any atom is -0.319 e. The molecular formula is C16H26OP2. The van der Waals surface area contributed by atoms with Gasteiger partial charge in [0.05, 0.1) is 0 Å². The Morgan fingerprint density at radius 1 is 1.11 bits per heavy atom. The fourth-order valence-corrected chi connectivity index (χ4v) is 9.40. The van der Waals surface area contributed by atoms with Crippen molar-refractivity contribution >= 4 is 25.7 Å². The molecule has 2 rings (SSSR count). The lowest BCUT2D eigenvalue weighted by Gasteiger charge is -2.27. The summed E-state index contributed by atoms with van der Waals surface area (Å²) in [5.74, 6) is 0. The summed E-state index contributed by atoms with van der Waals surface area (Å²) in [5.41, 5.74) is 1.57. The summed E-state index contributed by atoms with van der Waals surface area (Å²) in [6, 6.07) is 8.60. The molecule has 0 aromatic heterocycles. The molecule has 1 saturated heterocycles. The maximum atomic E-state index is 13.2. The van der Waals surface area contributed by atoms with Gasteiger partial charge in [-0.1, -0.05) is 59.9 Å². The molecule has 0 unspecified atom stereocenters. The largest absolute Gasteiger partial charge is 0.319 e. The molecule has 0 aliphatic carbocycles. The smallest absolute Gasteiger partial charge is 0.115 e. The van der Waals surface area contributed by atoms with Gasteiger partial charge >= 0.3 is 0 Å². The van der Waals surface area contributed by atoms with Crippen molar-refractivity contribution in [1.82, 2.24) is 0 Å². The van der Waals surface area contributed by atoms with Crippen LogP contribution < -0.4 is 10.6 Å². The Hall–Kier alpha value is -0.120. The molecule has 106 valence electrons. The van der Waals surface area contributed by atoms with Crippen LogP contribution in [0.2, 0.25) is 0 Å². The van der Waals surface area contributed by atoms with Gasteiger partial charge in [0.1, 0.15) is 7.14 Å². The normalized spacial score (nSPS) is 24.8. The predicted octanol–water partition coefficient (Wildman–Crippen LogP) is 4.39. The van der Waals surface area contributed by atoms with E-state index in [1.165, 1.54) is 23.5 Å². The minimum atomic E-state index is -2.16.